The maximum Gasteiger partial charge on any atom is 0.0192 e. The molecule has 2 atom stereocenters. The minimum Gasteiger partial charge on any atom is -0.313 e. The molecule has 0 aliphatic carbocycles. The lowest BCUT2D eigenvalue weighted by Crippen LogP contribution is -2.37. The van der Waals surface area contributed by atoms with Crippen molar-refractivity contribution in [2.45, 2.75) is 44.4 Å². The van der Waals surface area contributed by atoms with E-state index in [2.05, 4.69) is 30.3 Å². The van der Waals surface area contributed by atoms with Gasteiger partial charge < -0.3 is 10.2 Å². The van der Waals surface area contributed by atoms with E-state index in [1.54, 1.807) is 0 Å². The zero-order valence-corrected chi connectivity index (χ0v) is 11.3. The fourth-order valence-corrected chi connectivity index (χ4v) is 2.38. The second-order valence-electron chi connectivity index (χ2n) is 4.55. The average Bonchev–Trinajstić information content (AvgIpc) is 2.50. The molecule has 1 heterocycles. The van der Waals surface area contributed by atoms with Crippen molar-refractivity contribution >= 4 is 11.8 Å². The maximum atomic E-state index is 3.62. The molecule has 1 N–H and O–H groups in total. The van der Waals surface area contributed by atoms with Gasteiger partial charge >= 0.3 is 0 Å². The first-order valence-electron chi connectivity index (χ1n) is 6.24. The second kappa shape index (κ2) is 7.53. The van der Waals surface area contributed by atoms with Gasteiger partial charge in [-0.15, -0.1) is 0 Å². The number of thioether (sulfide) groups is 1. The van der Waals surface area contributed by atoms with Crippen LogP contribution < -0.4 is 5.32 Å². The van der Waals surface area contributed by atoms with Crippen molar-refractivity contribution in [2.24, 2.45) is 0 Å². The fraction of sp³-hybridized carbons (Fsp3) is 1.00. The van der Waals surface area contributed by atoms with Crippen LogP contribution >= 0.6 is 11.8 Å². The van der Waals surface area contributed by atoms with Gasteiger partial charge in [0.05, 0.1) is 0 Å². The van der Waals surface area contributed by atoms with E-state index >= 15 is 0 Å². The molecule has 15 heavy (non-hydrogen) atoms. The minimum atomic E-state index is 0.720. The highest BCUT2D eigenvalue weighted by atomic mass is 32.2. The second-order valence-corrected chi connectivity index (χ2v) is 5.82. The van der Waals surface area contributed by atoms with Gasteiger partial charge in [0, 0.05) is 17.8 Å². The first-order chi connectivity index (χ1) is 7.26. The Morgan fingerprint density at radius 1 is 1.53 bits per heavy atom. The van der Waals surface area contributed by atoms with Gasteiger partial charge in [-0.05, 0) is 45.2 Å². The van der Waals surface area contributed by atoms with Gasteiger partial charge in [0.1, 0.15) is 0 Å². The van der Waals surface area contributed by atoms with Gasteiger partial charge in [-0.2, -0.15) is 11.8 Å². The van der Waals surface area contributed by atoms with Crippen molar-refractivity contribution < 1.29 is 0 Å². The standard InChI is InChI=1S/C12H26N2S/c1-4-12-10-14(8-5-7-13-12)9-6-11(2)15-3/h11-13H,4-10H2,1-3H3. The van der Waals surface area contributed by atoms with Gasteiger partial charge in [-0.1, -0.05) is 13.8 Å². The van der Waals surface area contributed by atoms with E-state index in [9.17, 15) is 0 Å². The van der Waals surface area contributed by atoms with Crippen LogP contribution in [0.4, 0.5) is 0 Å². The van der Waals surface area contributed by atoms with Crippen molar-refractivity contribution in [1.82, 2.24) is 10.2 Å². The molecule has 2 unspecified atom stereocenters. The number of nitrogens with zero attached hydrogens (tertiary/aromatic N) is 1. The Hall–Kier alpha value is 0.270. The highest BCUT2D eigenvalue weighted by molar-refractivity contribution is 7.99. The van der Waals surface area contributed by atoms with Crippen LogP contribution in [0.3, 0.4) is 0 Å². The zero-order chi connectivity index (χ0) is 11.1. The van der Waals surface area contributed by atoms with Crippen LogP contribution in [0, 0.1) is 0 Å². The summed E-state index contributed by atoms with van der Waals surface area (Å²) >= 11 is 1.98. The molecule has 3 heteroatoms. The molecule has 1 fully saturated rings. The third kappa shape index (κ3) is 5.23. The Balaban J connectivity index is 2.26. The number of rotatable bonds is 5. The van der Waals surface area contributed by atoms with E-state index in [1.807, 2.05) is 11.8 Å². The summed E-state index contributed by atoms with van der Waals surface area (Å²) in [5, 5.41) is 4.42. The average molecular weight is 230 g/mol. The van der Waals surface area contributed by atoms with Crippen molar-refractivity contribution in [3.05, 3.63) is 0 Å². The van der Waals surface area contributed by atoms with Crippen LogP contribution in [0.1, 0.15) is 33.1 Å². The summed E-state index contributed by atoms with van der Waals surface area (Å²) in [6, 6.07) is 0.720. The molecular formula is C12H26N2S. The summed E-state index contributed by atoms with van der Waals surface area (Å²) in [6.45, 7) is 9.62. The molecule has 0 aromatic carbocycles. The van der Waals surface area contributed by atoms with E-state index in [0.717, 1.165) is 11.3 Å². The van der Waals surface area contributed by atoms with Crippen LogP contribution in [0.5, 0.6) is 0 Å². The highest BCUT2D eigenvalue weighted by Crippen LogP contribution is 2.12. The lowest BCUT2D eigenvalue weighted by Gasteiger charge is -2.24. The Labute approximate surface area is 99.2 Å². The normalized spacial score (nSPS) is 26.2. The molecule has 0 amide bonds. The lowest BCUT2D eigenvalue weighted by molar-refractivity contribution is 0.262. The topological polar surface area (TPSA) is 15.3 Å². The summed E-state index contributed by atoms with van der Waals surface area (Å²) in [5.41, 5.74) is 0. The first kappa shape index (κ1) is 13.3. The summed E-state index contributed by atoms with van der Waals surface area (Å²) < 4.78 is 0. The van der Waals surface area contributed by atoms with E-state index in [-0.39, 0.29) is 0 Å². The van der Waals surface area contributed by atoms with Gasteiger partial charge in [-0.3, -0.25) is 0 Å². The van der Waals surface area contributed by atoms with E-state index in [1.165, 1.54) is 45.4 Å². The zero-order valence-electron chi connectivity index (χ0n) is 10.5. The van der Waals surface area contributed by atoms with Crippen molar-refractivity contribution in [1.29, 1.82) is 0 Å². The minimum absolute atomic E-state index is 0.720. The Bertz CT molecular complexity index is 164. The summed E-state index contributed by atoms with van der Waals surface area (Å²) in [5.74, 6) is 0. The van der Waals surface area contributed by atoms with E-state index in [0.29, 0.717) is 0 Å². The molecular weight excluding hydrogens is 204 g/mol. The molecule has 0 spiro atoms. The molecule has 1 aliphatic rings. The van der Waals surface area contributed by atoms with Crippen molar-refractivity contribution in [3.63, 3.8) is 0 Å². The van der Waals surface area contributed by atoms with E-state index in [4.69, 9.17) is 0 Å². The lowest BCUT2D eigenvalue weighted by atomic mass is 10.2. The van der Waals surface area contributed by atoms with Gasteiger partial charge in [-0.25, -0.2) is 0 Å². The molecule has 2 nitrogen and oxygen atoms in total. The Kier molecular flexibility index (Phi) is 6.69. The van der Waals surface area contributed by atoms with E-state index < -0.39 is 0 Å². The molecule has 0 radical (unpaired) electrons. The van der Waals surface area contributed by atoms with Crippen LogP contribution in [-0.2, 0) is 0 Å². The van der Waals surface area contributed by atoms with Gasteiger partial charge in [0.2, 0.25) is 0 Å². The Morgan fingerprint density at radius 2 is 2.33 bits per heavy atom. The molecule has 0 saturated carbocycles. The van der Waals surface area contributed by atoms with Crippen LogP contribution in [0.2, 0.25) is 0 Å². The molecule has 90 valence electrons. The summed E-state index contributed by atoms with van der Waals surface area (Å²) in [7, 11) is 0. The van der Waals surface area contributed by atoms with Gasteiger partial charge in [0.25, 0.3) is 0 Å². The quantitative estimate of drug-likeness (QED) is 0.779. The maximum absolute atomic E-state index is 3.62. The van der Waals surface area contributed by atoms with Crippen molar-refractivity contribution in [2.75, 3.05) is 32.4 Å². The molecule has 0 aromatic heterocycles. The van der Waals surface area contributed by atoms with Crippen LogP contribution in [-0.4, -0.2) is 48.6 Å². The third-order valence-electron chi connectivity index (χ3n) is 3.31. The van der Waals surface area contributed by atoms with Gasteiger partial charge in [0.15, 0.2) is 0 Å². The molecule has 1 rings (SSSR count). The fourth-order valence-electron chi connectivity index (χ4n) is 2.04. The summed E-state index contributed by atoms with van der Waals surface area (Å²) in [6.07, 6.45) is 6.11. The number of nitrogens with one attached hydrogen (secondary N) is 1. The predicted octanol–water partition coefficient (Wildman–Crippen LogP) is 2.20. The largest absolute Gasteiger partial charge is 0.313 e. The predicted molar refractivity (Wildman–Crippen MR) is 70.7 cm³/mol. The van der Waals surface area contributed by atoms with Crippen LogP contribution in [0.15, 0.2) is 0 Å². The first-order valence-corrected chi connectivity index (χ1v) is 7.53. The molecule has 1 aliphatic heterocycles. The molecule has 0 aromatic rings. The number of hydrogen-bond donors (Lipinski definition) is 1. The smallest absolute Gasteiger partial charge is 0.0192 e. The van der Waals surface area contributed by atoms with Crippen molar-refractivity contribution in [3.8, 4) is 0 Å². The number of hydrogen-bond acceptors (Lipinski definition) is 3. The monoisotopic (exact) mass is 230 g/mol. The Morgan fingerprint density at radius 3 is 3.00 bits per heavy atom. The molecule has 0 bridgehead atoms. The summed E-state index contributed by atoms with van der Waals surface area (Å²) in [4.78, 5) is 2.64. The highest BCUT2D eigenvalue weighted by Gasteiger charge is 2.16. The van der Waals surface area contributed by atoms with Crippen LogP contribution in [0.25, 0.3) is 0 Å². The SMILES string of the molecule is CCC1CN(CCC(C)SC)CCCN1. The third-order valence-corrected chi connectivity index (χ3v) is 4.35. The molecule has 1 saturated heterocycles.